The number of carbonyl (C=O) groups excluding carboxylic acids is 1. The summed E-state index contributed by atoms with van der Waals surface area (Å²) >= 11 is 0. The topological polar surface area (TPSA) is 32.3 Å². The van der Waals surface area contributed by atoms with Crippen LogP contribution in [-0.2, 0) is 0 Å². The van der Waals surface area contributed by atoms with Crippen molar-refractivity contribution in [1.82, 2.24) is 10.2 Å². The Morgan fingerprint density at radius 1 is 1.35 bits per heavy atom. The number of hydrogen-bond donors (Lipinski definition) is 1. The van der Waals surface area contributed by atoms with E-state index in [0.29, 0.717) is 5.92 Å². The summed E-state index contributed by atoms with van der Waals surface area (Å²) in [6.45, 7) is 10.7. The van der Waals surface area contributed by atoms with Gasteiger partial charge in [0, 0.05) is 19.1 Å². The fraction of sp³-hybridized carbons (Fsp3) is 0.929. The molecular weight excluding hydrogens is 212 g/mol. The number of carbonyl (C=O) groups is 1. The van der Waals surface area contributed by atoms with Crippen LogP contribution in [0.4, 0.5) is 4.79 Å². The van der Waals surface area contributed by atoms with Gasteiger partial charge in [-0.05, 0) is 38.0 Å². The van der Waals surface area contributed by atoms with Gasteiger partial charge in [-0.25, -0.2) is 4.79 Å². The molecule has 2 atom stereocenters. The number of likely N-dealkylation sites (tertiary alicyclic amines) is 1. The molecule has 3 heteroatoms. The summed E-state index contributed by atoms with van der Waals surface area (Å²) in [5.74, 6) is 1.46. The van der Waals surface area contributed by atoms with Gasteiger partial charge in [0.25, 0.3) is 0 Å². The van der Waals surface area contributed by atoms with E-state index >= 15 is 0 Å². The second-order valence-corrected chi connectivity index (χ2v) is 5.77. The molecule has 0 spiro atoms. The zero-order valence-corrected chi connectivity index (χ0v) is 11.8. The van der Waals surface area contributed by atoms with Crippen LogP contribution >= 0.6 is 0 Å². The summed E-state index contributed by atoms with van der Waals surface area (Å²) < 4.78 is 0. The van der Waals surface area contributed by atoms with Gasteiger partial charge in [-0.15, -0.1) is 0 Å². The van der Waals surface area contributed by atoms with Crippen LogP contribution in [-0.4, -0.2) is 30.1 Å². The fourth-order valence-electron chi connectivity index (χ4n) is 2.34. The zero-order valence-electron chi connectivity index (χ0n) is 11.8. The minimum absolute atomic E-state index is 0.132. The van der Waals surface area contributed by atoms with E-state index in [0.717, 1.165) is 38.3 Å². The van der Waals surface area contributed by atoms with Gasteiger partial charge in [0.15, 0.2) is 0 Å². The second kappa shape index (κ2) is 6.87. The van der Waals surface area contributed by atoms with E-state index in [-0.39, 0.29) is 12.1 Å². The van der Waals surface area contributed by atoms with E-state index in [9.17, 15) is 4.79 Å². The van der Waals surface area contributed by atoms with Crippen LogP contribution in [0, 0.1) is 11.8 Å². The van der Waals surface area contributed by atoms with E-state index in [1.165, 1.54) is 6.42 Å². The number of nitrogens with zero attached hydrogens (tertiary/aromatic N) is 1. The van der Waals surface area contributed by atoms with Crippen molar-refractivity contribution in [2.45, 2.75) is 59.4 Å². The highest BCUT2D eigenvalue weighted by Gasteiger charge is 2.21. The Morgan fingerprint density at radius 3 is 2.47 bits per heavy atom. The Balaban J connectivity index is 2.28. The monoisotopic (exact) mass is 240 g/mol. The predicted molar refractivity (Wildman–Crippen MR) is 72.0 cm³/mol. The van der Waals surface area contributed by atoms with E-state index in [4.69, 9.17) is 0 Å². The van der Waals surface area contributed by atoms with Gasteiger partial charge in [-0.1, -0.05) is 27.2 Å². The number of amides is 2. The Hall–Kier alpha value is -0.730. The van der Waals surface area contributed by atoms with Crippen molar-refractivity contribution in [2.75, 3.05) is 13.1 Å². The number of nitrogens with one attached hydrogen (secondary N) is 1. The average molecular weight is 240 g/mol. The highest BCUT2D eigenvalue weighted by atomic mass is 16.2. The molecule has 100 valence electrons. The lowest BCUT2D eigenvalue weighted by molar-refractivity contribution is 0.169. The molecule has 3 nitrogen and oxygen atoms in total. The van der Waals surface area contributed by atoms with Crippen molar-refractivity contribution in [3.8, 4) is 0 Å². The van der Waals surface area contributed by atoms with Crippen LogP contribution in [0.3, 0.4) is 0 Å². The van der Waals surface area contributed by atoms with Crippen molar-refractivity contribution in [1.29, 1.82) is 0 Å². The zero-order chi connectivity index (χ0) is 12.8. The molecule has 0 bridgehead atoms. The Bertz CT molecular complexity index is 234. The summed E-state index contributed by atoms with van der Waals surface area (Å²) in [6, 6.07) is 0.421. The van der Waals surface area contributed by atoms with Crippen LogP contribution in [0.1, 0.15) is 53.4 Å². The average Bonchev–Trinajstić information content (AvgIpc) is 2.29. The minimum atomic E-state index is 0.132. The molecule has 1 rings (SSSR count). The van der Waals surface area contributed by atoms with Crippen LogP contribution < -0.4 is 5.32 Å². The van der Waals surface area contributed by atoms with E-state index in [2.05, 4.69) is 33.0 Å². The largest absolute Gasteiger partial charge is 0.336 e. The second-order valence-electron chi connectivity index (χ2n) is 5.77. The molecule has 2 amide bonds. The maximum absolute atomic E-state index is 12.0. The highest BCUT2D eigenvalue weighted by Crippen LogP contribution is 2.16. The van der Waals surface area contributed by atoms with Crippen molar-refractivity contribution in [3.05, 3.63) is 0 Å². The number of piperidine rings is 1. The molecule has 0 aromatic heterocycles. The fourth-order valence-corrected chi connectivity index (χ4v) is 2.34. The maximum atomic E-state index is 12.0. The Morgan fingerprint density at radius 2 is 1.94 bits per heavy atom. The van der Waals surface area contributed by atoms with Gasteiger partial charge in [-0.3, -0.25) is 0 Å². The SMILES string of the molecule is CCC(C)CC(C)NC(=O)N1CCC(C)CC1. The molecule has 0 aliphatic carbocycles. The lowest BCUT2D eigenvalue weighted by Gasteiger charge is -2.31. The molecule has 0 saturated carbocycles. The van der Waals surface area contributed by atoms with Crippen LogP contribution in [0.15, 0.2) is 0 Å². The van der Waals surface area contributed by atoms with Gasteiger partial charge in [0.1, 0.15) is 0 Å². The summed E-state index contributed by atoms with van der Waals surface area (Å²) in [5, 5.41) is 3.12. The molecule has 1 saturated heterocycles. The Labute approximate surface area is 106 Å². The van der Waals surface area contributed by atoms with Crippen LogP contribution in [0.25, 0.3) is 0 Å². The molecule has 17 heavy (non-hydrogen) atoms. The molecule has 0 radical (unpaired) electrons. The normalized spacial score (nSPS) is 21.1. The molecule has 1 aliphatic heterocycles. The van der Waals surface area contributed by atoms with Crippen molar-refractivity contribution in [2.24, 2.45) is 11.8 Å². The molecule has 1 fully saturated rings. The number of hydrogen-bond acceptors (Lipinski definition) is 1. The summed E-state index contributed by atoms with van der Waals surface area (Å²) in [5.41, 5.74) is 0. The molecule has 1 heterocycles. The summed E-state index contributed by atoms with van der Waals surface area (Å²) in [6.07, 6.45) is 4.55. The van der Waals surface area contributed by atoms with Crippen molar-refractivity contribution in [3.63, 3.8) is 0 Å². The molecular formula is C14H28N2O. The third-order valence-corrected chi connectivity index (χ3v) is 3.89. The highest BCUT2D eigenvalue weighted by molar-refractivity contribution is 5.74. The molecule has 1 N–H and O–H groups in total. The van der Waals surface area contributed by atoms with Gasteiger partial charge in [-0.2, -0.15) is 0 Å². The number of rotatable bonds is 4. The van der Waals surface area contributed by atoms with Crippen LogP contribution in [0.2, 0.25) is 0 Å². The van der Waals surface area contributed by atoms with Crippen molar-refractivity contribution >= 4 is 6.03 Å². The standard InChI is InChI=1S/C14H28N2O/c1-5-11(2)10-13(4)15-14(17)16-8-6-12(3)7-9-16/h11-13H,5-10H2,1-4H3,(H,15,17). The van der Waals surface area contributed by atoms with Gasteiger partial charge >= 0.3 is 6.03 Å². The summed E-state index contributed by atoms with van der Waals surface area (Å²) in [4.78, 5) is 14.0. The van der Waals surface area contributed by atoms with Gasteiger partial charge in [0.05, 0.1) is 0 Å². The van der Waals surface area contributed by atoms with E-state index < -0.39 is 0 Å². The van der Waals surface area contributed by atoms with Crippen molar-refractivity contribution < 1.29 is 4.79 Å². The first-order chi connectivity index (χ1) is 8.02. The molecule has 0 aromatic carbocycles. The van der Waals surface area contributed by atoms with E-state index in [1.54, 1.807) is 0 Å². The third kappa shape index (κ3) is 4.97. The maximum Gasteiger partial charge on any atom is 0.317 e. The predicted octanol–water partition coefficient (Wildman–Crippen LogP) is 3.25. The lowest BCUT2D eigenvalue weighted by Crippen LogP contribution is -2.47. The third-order valence-electron chi connectivity index (χ3n) is 3.89. The Kier molecular flexibility index (Phi) is 5.79. The van der Waals surface area contributed by atoms with E-state index in [1.807, 2.05) is 4.90 Å². The minimum Gasteiger partial charge on any atom is -0.336 e. The smallest absolute Gasteiger partial charge is 0.317 e. The first-order valence-electron chi connectivity index (χ1n) is 7.08. The number of urea groups is 1. The molecule has 1 aliphatic rings. The quantitative estimate of drug-likeness (QED) is 0.803. The molecule has 2 unspecified atom stereocenters. The van der Waals surface area contributed by atoms with Crippen LogP contribution in [0.5, 0.6) is 0 Å². The van der Waals surface area contributed by atoms with Gasteiger partial charge < -0.3 is 10.2 Å². The summed E-state index contributed by atoms with van der Waals surface area (Å²) in [7, 11) is 0. The lowest BCUT2D eigenvalue weighted by atomic mass is 9.99. The molecule has 0 aromatic rings. The van der Waals surface area contributed by atoms with Gasteiger partial charge in [0.2, 0.25) is 0 Å². The first-order valence-corrected chi connectivity index (χ1v) is 7.08. The first kappa shape index (κ1) is 14.3.